The van der Waals surface area contributed by atoms with Gasteiger partial charge in [-0.05, 0) is 56.2 Å². The van der Waals surface area contributed by atoms with Crippen LogP contribution in [0.15, 0.2) is 48.5 Å². The predicted octanol–water partition coefficient (Wildman–Crippen LogP) is 4.87. The maximum atomic E-state index is 13.7. The second-order valence-electron chi connectivity index (χ2n) is 6.36. The monoisotopic (exact) mass is 380 g/mol. The van der Waals surface area contributed by atoms with Crippen molar-refractivity contribution in [2.75, 3.05) is 11.9 Å². The summed E-state index contributed by atoms with van der Waals surface area (Å²) in [5, 5.41) is 2.56. The molecule has 0 saturated heterocycles. The Bertz CT molecular complexity index is 1020. The number of benzene rings is 2. The number of anilines is 1. The summed E-state index contributed by atoms with van der Waals surface area (Å²) in [6, 6.07) is 12.9. The Labute approximate surface area is 162 Å². The lowest BCUT2D eigenvalue weighted by Crippen LogP contribution is -2.12. The van der Waals surface area contributed by atoms with Crippen molar-refractivity contribution in [3.63, 3.8) is 0 Å². The molecule has 28 heavy (non-hydrogen) atoms. The summed E-state index contributed by atoms with van der Waals surface area (Å²) in [4.78, 5) is 27.5. The standard InChI is InChI=1S/C22H21FN2O3/c1-4-28-22(27)20-13(2)19(14(3)24-20)15-9-11-16(12-10-15)21(26)25-18-8-6-5-7-17(18)23/h5-12,24H,4H2,1-3H3,(H,25,26). The number of aromatic amines is 1. The topological polar surface area (TPSA) is 71.2 Å². The summed E-state index contributed by atoms with van der Waals surface area (Å²) in [6.07, 6.45) is 0. The molecule has 0 aliphatic carbocycles. The van der Waals surface area contributed by atoms with E-state index in [1.807, 2.05) is 13.8 Å². The van der Waals surface area contributed by atoms with Crippen LogP contribution in [0, 0.1) is 19.7 Å². The number of halogens is 1. The summed E-state index contributed by atoms with van der Waals surface area (Å²) < 4.78 is 18.8. The molecule has 3 aromatic rings. The number of hydrogen-bond donors (Lipinski definition) is 2. The third-order valence-corrected chi connectivity index (χ3v) is 4.47. The summed E-state index contributed by atoms with van der Waals surface area (Å²) in [6.45, 7) is 5.79. The molecule has 0 saturated carbocycles. The van der Waals surface area contributed by atoms with E-state index >= 15 is 0 Å². The lowest BCUT2D eigenvalue weighted by Gasteiger charge is -2.08. The second kappa shape index (κ2) is 8.08. The van der Waals surface area contributed by atoms with E-state index in [0.717, 1.165) is 22.4 Å². The highest BCUT2D eigenvalue weighted by Gasteiger charge is 2.19. The third kappa shape index (κ3) is 3.81. The molecule has 2 N–H and O–H groups in total. The molecule has 1 amide bonds. The van der Waals surface area contributed by atoms with Crippen LogP contribution in [-0.4, -0.2) is 23.5 Å². The Morgan fingerprint density at radius 1 is 1.07 bits per heavy atom. The number of para-hydroxylation sites is 1. The molecule has 1 aromatic heterocycles. The zero-order chi connectivity index (χ0) is 20.3. The summed E-state index contributed by atoms with van der Waals surface area (Å²) in [5.41, 5.74) is 4.35. The van der Waals surface area contributed by atoms with Crippen LogP contribution in [0.3, 0.4) is 0 Å². The van der Waals surface area contributed by atoms with Gasteiger partial charge in [0, 0.05) is 16.8 Å². The molecule has 0 bridgehead atoms. The van der Waals surface area contributed by atoms with Crippen LogP contribution in [0.1, 0.15) is 39.0 Å². The molecule has 0 aliphatic rings. The molecular formula is C22H21FN2O3. The first kappa shape index (κ1) is 19.4. The normalized spacial score (nSPS) is 10.6. The van der Waals surface area contributed by atoms with E-state index in [1.165, 1.54) is 12.1 Å². The first-order valence-corrected chi connectivity index (χ1v) is 8.95. The van der Waals surface area contributed by atoms with Crippen molar-refractivity contribution in [1.82, 2.24) is 4.98 Å². The molecule has 0 spiro atoms. The van der Waals surface area contributed by atoms with Crippen molar-refractivity contribution >= 4 is 17.6 Å². The van der Waals surface area contributed by atoms with E-state index in [0.29, 0.717) is 17.9 Å². The molecule has 0 unspecified atom stereocenters. The van der Waals surface area contributed by atoms with Crippen molar-refractivity contribution in [3.05, 3.63) is 76.9 Å². The summed E-state index contributed by atoms with van der Waals surface area (Å²) >= 11 is 0. The molecule has 0 radical (unpaired) electrons. The number of rotatable bonds is 5. The molecule has 1 heterocycles. The quantitative estimate of drug-likeness (QED) is 0.621. The fourth-order valence-corrected chi connectivity index (χ4v) is 3.14. The zero-order valence-electron chi connectivity index (χ0n) is 15.9. The van der Waals surface area contributed by atoms with E-state index in [4.69, 9.17) is 4.74 Å². The largest absolute Gasteiger partial charge is 0.461 e. The van der Waals surface area contributed by atoms with E-state index in [1.54, 1.807) is 43.3 Å². The van der Waals surface area contributed by atoms with Gasteiger partial charge in [-0.25, -0.2) is 9.18 Å². The maximum Gasteiger partial charge on any atom is 0.355 e. The fourth-order valence-electron chi connectivity index (χ4n) is 3.14. The van der Waals surface area contributed by atoms with Crippen molar-refractivity contribution in [1.29, 1.82) is 0 Å². The zero-order valence-corrected chi connectivity index (χ0v) is 15.9. The van der Waals surface area contributed by atoms with Gasteiger partial charge in [-0.2, -0.15) is 0 Å². The highest BCUT2D eigenvalue weighted by molar-refractivity contribution is 6.04. The van der Waals surface area contributed by atoms with Gasteiger partial charge >= 0.3 is 5.97 Å². The van der Waals surface area contributed by atoms with Crippen LogP contribution in [0.25, 0.3) is 11.1 Å². The van der Waals surface area contributed by atoms with Gasteiger partial charge in [0.1, 0.15) is 11.5 Å². The number of hydrogen-bond acceptors (Lipinski definition) is 3. The number of carbonyl (C=O) groups is 2. The molecule has 2 aromatic carbocycles. The SMILES string of the molecule is CCOC(=O)c1[nH]c(C)c(-c2ccc(C(=O)Nc3ccccc3F)cc2)c1C. The van der Waals surface area contributed by atoms with Crippen LogP contribution in [0.4, 0.5) is 10.1 Å². The highest BCUT2D eigenvalue weighted by atomic mass is 19.1. The van der Waals surface area contributed by atoms with Crippen LogP contribution in [0.2, 0.25) is 0 Å². The number of aromatic nitrogens is 1. The van der Waals surface area contributed by atoms with Gasteiger partial charge in [0.2, 0.25) is 0 Å². The lowest BCUT2D eigenvalue weighted by molar-refractivity contribution is 0.0519. The minimum Gasteiger partial charge on any atom is -0.461 e. The van der Waals surface area contributed by atoms with Gasteiger partial charge in [0.25, 0.3) is 5.91 Å². The average molecular weight is 380 g/mol. The molecule has 5 nitrogen and oxygen atoms in total. The summed E-state index contributed by atoms with van der Waals surface area (Å²) in [7, 11) is 0. The van der Waals surface area contributed by atoms with E-state index in [2.05, 4.69) is 10.3 Å². The number of carbonyl (C=O) groups excluding carboxylic acids is 2. The van der Waals surface area contributed by atoms with Crippen molar-refractivity contribution in [2.45, 2.75) is 20.8 Å². The molecule has 0 fully saturated rings. The van der Waals surface area contributed by atoms with Crippen LogP contribution in [0.5, 0.6) is 0 Å². The Morgan fingerprint density at radius 2 is 1.75 bits per heavy atom. The molecule has 144 valence electrons. The number of aryl methyl sites for hydroxylation is 1. The van der Waals surface area contributed by atoms with Gasteiger partial charge in [-0.1, -0.05) is 24.3 Å². The van der Waals surface area contributed by atoms with Crippen LogP contribution in [-0.2, 0) is 4.74 Å². The Hall–Kier alpha value is -3.41. The van der Waals surface area contributed by atoms with E-state index < -0.39 is 17.7 Å². The van der Waals surface area contributed by atoms with Crippen molar-refractivity contribution in [3.8, 4) is 11.1 Å². The fraction of sp³-hybridized carbons (Fsp3) is 0.182. The number of amides is 1. The number of esters is 1. The van der Waals surface area contributed by atoms with E-state index in [-0.39, 0.29) is 5.69 Å². The smallest absolute Gasteiger partial charge is 0.355 e. The highest BCUT2D eigenvalue weighted by Crippen LogP contribution is 2.30. The van der Waals surface area contributed by atoms with Gasteiger partial charge in [0.15, 0.2) is 0 Å². The molecule has 0 atom stereocenters. The number of ether oxygens (including phenoxy) is 1. The van der Waals surface area contributed by atoms with Gasteiger partial charge in [-0.15, -0.1) is 0 Å². The Kier molecular flexibility index (Phi) is 5.59. The van der Waals surface area contributed by atoms with Crippen molar-refractivity contribution < 1.29 is 18.7 Å². The Morgan fingerprint density at radius 3 is 2.39 bits per heavy atom. The molecule has 0 aliphatic heterocycles. The van der Waals surface area contributed by atoms with Crippen LogP contribution < -0.4 is 5.32 Å². The maximum absolute atomic E-state index is 13.7. The Balaban J connectivity index is 1.84. The minimum absolute atomic E-state index is 0.132. The van der Waals surface area contributed by atoms with E-state index in [9.17, 15) is 14.0 Å². The van der Waals surface area contributed by atoms with Crippen molar-refractivity contribution in [2.24, 2.45) is 0 Å². The summed E-state index contributed by atoms with van der Waals surface area (Å²) in [5.74, 6) is -1.28. The lowest BCUT2D eigenvalue weighted by atomic mass is 10.00. The third-order valence-electron chi connectivity index (χ3n) is 4.47. The number of H-pyrrole nitrogens is 1. The van der Waals surface area contributed by atoms with Gasteiger partial charge < -0.3 is 15.0 Å². The molecule has 3 rings (SSSR count). The van der Waals surface area contributed by atoms with Gasteiger partial charge in [-0.3, -0.25) is 4.79 Å². The molecule has 6 heteroatoms. The minimum atomic E-state index is -0.488. The molecular weight excluding hydrogens is 359 g/mol. The van der Waals surface area contributed by atoms with Gasteiger partial charge in [0.05, 0.1) is 12.3 Å². The predicted molar refractivity (Wildman–Crippen MR) is 106 cm³/mol. The first-order chi connectivity index (χ1) is 13.4. The second-order valence-corrected chi connectivity index (χ2v) is 6.36. The number of nitrogens with one attached hydrogen (secondary N) is 2. The van der Waals surface area contributed by atoms with Crippen LogP contribution >= 0.6 is 0 Å². The average Bonchev–Trinajstić information content (AvgIpc) is 2.98. The first-order valence-electron chi connectivity index (χ1n) is 8.95.